The molecule has 1 N–H and O–H groups in total. The fourth-order valence-corrected chi connectivity index (χ4v) is 2.29. The minimum atomic E-state index is -0.914. The van der Waals surface area contributed by atoms with Gasteiger partial charge in [-0.1, -0.05) is 17.8 Å². The van der Waals surface area contributed by atoms with E-state index in [1.54, 1.807) is 29.7 Å². The van der Waals surface area contributed by atoms with Gasteiger partial charge in [-0.05, 0) is 25.1 Å². The third kappa shape index (κ3) is 2.92. The molecule has 0 saturated carbocycles. The molecule has 1 heterocycles. The summed E-state index contributed by atoms with van der Waals surface area (Å²) in [6, 6.07) is 9.06. The summed E-state index contributed by atoms with van der Waals surface area (Å²) in [6.45, 7) is 1.77. The Labute approximate surface area is 113 Å². The zero-order valence-corrected chi connectivity index (χ0v) is 10.9. The predicted molar refractivity (Wildman–Crippen MR) is 69.2 cm³/mol. The van der Waals surface area contributed by atoms with Gasteiger partial charge in [0, 0.05) is 0 Å². The van der Waals surface area contributed by atoms with Crippen molar-refractivity contribution in [3.63, 3.8) is 0 Å². The fraction of sp³-hybridized carbons (Fsp3) is 0.167. The number of benzene rings is 1. The molecule has 0 amide bonds. The molecule has 1 aromatic carbocycles. The number of carbonyl (C=O) groups is 1. The summed E-state index contributed by atoms with van der Waals surface area (Å²) in [4.78, 5) is 10.6. The van der Waals surface area contributed by atoms with Gasteiger partial charge in [-0.15, -0.1) is 10.2 Å². The van der Waals surface area contributed by atoms with Crippen molar-refractivity contribution in [3.8, 4) is 11.8 Å². The van der Waals surface area contributed by atoms with Gasteiger partial charge in [-0.25, -0.2) is 0 Å². The van der Waals surface area contributed by atoms with E-state index in [0.717, 1.165) is 17.4 Å². The Hall–Kier alpha value is -2.33. The summed E-state index contributed by atoms with van der Waals surface area (Å²) in [7, 11) is 0. The fourth-order valence-electron chi connectivity index (χ4n) is 1.57. The van der Waals surface area contributed by atoms with E-state index < -0.39 is 5.97 Å². The maximum atomic E-state index is 10.6. The van der Waals surface area contributed by atoms with Gasteiger partial charge in [0.05, 0.1) is 23.1 Å². The van der Waals surface area contributed by atoms with Crippen LogP contribution in [0.25, 0.3) is 5.69 Å². The van der Waals surface area contributed by atoms with Crippen LogP contribution in [0.3, 0.4) is 0 Å². The third-order valence-corrected chi connectivity index (χ3v) is 3.27. The van der Waals surface area contributed by atoms with E-state index in [0.29, 0.717) is 16.5 Å². The maximum Gasteiger partial charge on any atom is 0.313 e. The lowest BCUT2D eigenvalue weighted by Crippen LogP contribution is -2.03. The van der Waals surface area contributed by atoms with Crippen molar-refractivity contribution >= 4 is 17.7 Å². The second kappa shape index (κ2) is 5.54. The van der Waals surface area contributed by atoms with E-state index in [4.69, 9.17) is 10.4 Å². The first-order valence-electron chi connectivity index (χ1n) is 5.39. The molecule has 0 fully saturated rings. The van der Waals surface area contributed by atoms with Gasteiger partial charge in [0.1, 0.15) is 5.82 Å². The van der Waals surface area contributed by atoms with Gasteiger partial charge >= 0.3 is 5.97 Å². The number of nitriles is 1. The summed E-state index contributed by atoms with van der Waals surface area (Å²) >= 11 is 1.09. The number of hydrogen-bond donors (Lipinski definition) is 1. The average molecular weight is 274 g/mol. The van der Waals surface area contributed by atoms with Crippen LogP contribution in [0.5, 0.6) is 0 Å². The monoisotopic (exact) mass is 274 g/mol. The highest BCUT2D eigenvalue weighted by Gasteiger charge is 2.13. The Morgan fingerprint density at radius 2 is 2.32 bits per heavy atom. The minimum Gasteiger partial charge on any atom is -0.481 e. The molecule has 0 saturated heterocycles. The largest absolute Gasteiger partial charge is 0.481 e. The molecule has 19 heavy (non-hydrogen) atoms. The number of aliphatic carboxylic acids is 1. The summed E-state index contributed by atoms with van der Waals surface area (Å²) in [6.07, 6.45) is 0. The molecule has 2 rings (SSSR count). The second-order valence-electron chi connectivity index (χ2n) is 3.71. The highest BCUT2D eigenvalue weighted by atomic mass is 32.2. The van der Waals surface area contributed by atoms with Crippen LogP contribution in [-0.4, -0.2) is 31.6 Å². The van der Waals surface area contributed by atoms with Gasteiger partial charge in [-0.2, -0.15) is 5.26 Å². The topological polar surface area (TPSA) is 91.8 Å². The van der Waals surface area contributed by atoms with Crippen LogP contribution in [0.4, 0.5) is 0 Å². The summed E-state index contributed by atoms with van der Waals surface area (Å²) in [5.74, 6) is -0.359. The standard InChI is InChI=1S/C12H10N4O2S/c1-8-14-15-12(19-7-11(17)18)16(8)10-4-2-3-9(5-10)6-13/h2-5H,7H2,1H3,(H,17,18). The van der Waals surface area contributed by atoms with Crippen LogP contribution in [0, 0.1) is 18.3 Å². The van der Waals surface area contributed by atoms with E-state index >= 15 is 0 Å². The van der Waals surface area contributed by atoms with Crippen molar-refractivity contribution in [2.75, 3.05) is 5.75 Å². The molecule has 0 spiro atoms. The molecular weight excluding hydrogens is 264 g/mol. The van der Waals surface area contributed by atoms with E-state index in [-0.39, 0.29) is 5.75 Å². The van der Waals surface area contributed by atoms with Crippen molar-refractivity contribution in [2.45, 2.75) is 12.1 Å². The highest BCUT2D eigenvalue weighted by molar-refractivity contribution is 7.99. The normalized spacial score (nSPS) is 10.1. The molecule has 0 aliphatic heterocycles. The predicted octanol–water partition coefficient (Wildman–Crippen LogP) is 1.62. The van der Waals surface area contributed by atoms with E-state index in [1.807, 2.05) is 6.07 Å². The molecule has 0 bridgehead atoms. The van der Waals surface area contributed by atoms with Crippen LogP contribution in [0.2, 0.25) is 0 Å². The molecule has 0 aliphatic rings. The van der Waals surface area contributed by atoms with Crippen molar-refractivity contribution in [3.05, 3.63) is 35.7 Å². The number of carboxylic acids is 1. The van der Waals surface area contributed by atoms with E-state index in [2.05, 4.69) is 16.3 Å². The van der Waals surface area contributed by atoms with Crippen molar-refractivity contribution in [1.29, 1.82) is 5.26 Å². The SMILES string of the molecule is Cc1nnc(SCC(=O)O)n1-c1cccc(C#N)c1. The van der Waals surface area contributed by atoms with Crippen LogP contribution in [0.1, 0.15) is 11.4 Å². The summed E-state index contributed by atoms with van der Waals surface area (Å²) in [5, 5.41) is 26.0. The molecule has 6 nitrogen and oxygen atoms in total. The number of aryl methyl sites for hydroxylation is 1. The van der Waals surface area contributed by atoms with Crippen LogP contribution in [0.15, 0.2) is 29.4 Å². The van der Waals surface area contributed by atoms with Crippen LogP contribution < -0.4 is 0 Å². The zero-order chi connectivity index (χ0) is 13.8. The first-order valence-corrected chi connectivity index (χ1v) is 6.37. The molecule has 0 aliphatic carbocycles. The second-order valence-corrected chi connectivity index (χ2v) is 4.65. The molecular formula is C12H10N4O2S. The first-order chi connectivity index (χ1) is 9.11. The minimum absolute atomic E-state index is 0.0872. The Morgan fingerprint density at radius 1 is 1.53 bits per heavy atom. The summed E-state index contributed by atoms with van der Waals surface area (Å²) < 4.78 is 1.73. The quantitative estimate of drug-likeness (QED) is 0.852. The number of hydrogen-bond acceptors (Lipinski definition) is 5. The summed E-state index contributed by atoms with van der Waals surface area (Å²) in [5.41, 5.74) is 1.27. The van der Waals surface area contributed by atoms with E-state index in [1.165, 1.54) is 0 Å². The zero-order valence-electron chi connectivity index (χ0n) is 10.1. The number of aromatic nitrogens is 3. The Kier molecular flexibility index (Phi) is 3.82. The van der Waals surface area contributed by atoms with E-state index in [9.17, 15) is 4.79 Å². The molecule has 96 valence electrons. The molecule has 0 radical (unpaired) electrons. The number of carboxylic acid groups (broad SMARTS) is 1. The van der Waals surface area contributed by atoms with Gasteiger partial charge < -0.3 is 5.11 Å². The smallest absolute Gasteiger partial charge is 0.313 e. The van der Waals surface area contributed by atoms with Crippen molar-refractivity contribution < 1.29 is 9.90 Å². The number of thioether (sulfide) groups is 1. The number of nitrogens with zero attached hydrogens (tertiary/aromatic N) is 4. The Morgan fingerprint density at radius 3 is 3.00 bits per heavy atom. The van der Waals surface area contributed by atoms with Gasteiger partial charge in [0.2, 0.25) is 0 Å². The Bertz CT molecular complexity index is 660. The molecule has 7 heteroatoms. The molecule has 0 atom stereocenters. The lowest BCUT2D eigenvalue weighted by Gasteiger charge is -2.07. The maximum absolute atomic E-state index is 10.6. The van der Waals surface area contributed by atoms with Gasteiger partial charge in [0.15, 0.2) is 5.16 Å². The number of rotatable bonds is 4. The highest BCUT2D eigenvalue weighted by Crippen LogP contribution is 2.22. The Balaban J connectivity index is 2.40. The molecule has 0 unspecified atom stereocenters. The van der Waals surface area contributed by atoms with Gasteiger partial charge in [-0.3, -0.25) is 9.36 Å². The van der Waals surface area contributed by atoms with Crippen LogP contribution in [-0.2, 0) is 4.79 Å². The van der Waals surface area contributed by atoms with Crippen molar-refractivity contribution in [1.82, 2.24) is 14.8 Å². The van der Waals surface area contributed by atoms with Crippen molar-refractivity contribution in [2.24, 2.45) is 0 Å². The van der Waals surface area contributed by atoms with Crippen LogP contribution >= 0.6 is 11.8 Å². The van der Waals surface area contributed by atoms with Gasteiger partial charge in [0.25, 0.3) is 0 Å². The average Bonchev–Trinajstić information content (AvgIpc) is 2.77. The molecule has 2 aromatic rings. The first kappa shape index (κ1) is 13.1. The lowest BCUT2D eigenvalue weighted by molar-refractivity contribution is -0.133. The molecule has 1 aromatic heterocycles. The third-order valence-electron chi connectivity index (χ3n) is 2.35. The lowest BCUT2D eigenvalue weighted by atomic mass is 10.2.